The number of ketones is 3. The fraction of sp³-hybridized carbons (Fsp3) is 0.615. The SMILES string of the molecule is C.C.C#Cc1ccc(N2CC3(C)CN(C4COC4)CC(C)(C2)C3=O)nc1.CC12CN(c3ccc(I)cn3)CC(C)(CN(C3COC3)C1)C2=O.CC12CNCC(C)(CNC1)C2=O.Fc1ccc(I)cn1. The van der Waals surface area contributed by atoms with Crippen molar-refractivity contribution >= 4 is 74.2 Å². The van der Waals surface area contributed by atoms with Gasteiger partial charge in [-0.1, -0.05) is 34.6 Å². The summed E-state index contributed by atoms with van der Waals surface area (Å²) in [6.45, 7) is 25.2. The van der Waals surface area contributed by atoms with Crippen LogP contribution >= 0.6 is 45.2 Å². The number of terminal acetylenes is 1. The van der Waals surface area contributed by atoms with E-state index in [-0.39, 0.29) is 47.3 Å². The lowest BCUT2D eigenvalue weighted by Crippen LogP contribution is -2.71. The Labute approximate surface area is 436 Å². The van der Waals surface area contributed by atoms with Gasteiger partial charge in [-0.25, -0.2) is 15.0 Å². The number of hydrogen-bond donors (Lipinski definition) is 2. The molecular weight excluding hydrogens is 1100 g/mol. The van der Waals surface area contributed by atoms with Gasteiger partial charge in [-0.2, -0.15) is 4.39 Å². The van der Waals surface area contributed by atoms with Gasteiger partial charge in [0.05, 0.1) is 71.0 Å². The fourth-order valence-corrected chi connectivity index (χ4v) is 12.3. The van der Waals surface area contributed by atoms with Crippen LogP contribution in [0.5, 0.6) is 0 Å². The largest absolute Gasteiger partial charge is 0.378 e. The third-order valence-electron chi connectivity index (χ3n) is 15.0. The fourth-order valence-electron chi connectivity index (χ4n) is 11.6. The zero-order valence-electron chi connectivity index (χ0n) is 39.5. The highest BCUT2D eigenvalue weighted by Crippen LogP contribution is 2.46. The minimum atomic E-state index is -0.426. The van der Waals surface area contributed by atoms with Crippen LogP contribution in [0.2, 0.25) is 0 Å². The van der Waals surface area contributed by atoms with E-state index >= 15 is 0 Å². The van der Waals surface area contributed by atoms with Gasteiger partial charge in [0, 0.05) is 110 Å². The van der Waals surface area contributed by atoms with Crippen LogP contribution in [0.4, 0.5) is 16.0 Å². The van der Waals surface area contributed by atoms with Gasteiger partial charge in [-0.05, 0) is 109 Å². The maximum atomic E-state index is 13.1. The Morgan fingerprint density at radius 2 is 0.928 bits per heavy atom. The van der Waals surface area contributed by atoms with Crippen LogP contribution < -0.4 is 20.4 Å². The van der Waals surface area contributed by atoms with Gasteiger partial charge < -0.3 is 29.9 Å². The zero-order chi connectivity index (χ0) is 48.0. The molecule has 0 amide bonds. The molecule has 3 aromatic heterocycles. The van der Waals surface area contributed by atoms with Crippen LogP contribution in [0, 0.1) is 57.9 Å². The minimum absolute atomic E-state index is 0. The van der Waals surface area contributed by atoms with Gasteiger partial charge in [0.2, 0.25) is 5.95 Å². The van der Waals surface area contributed by atoms with Gasteiger partial charge in [0.15, 0.2) is 11.6 Å². The first-order valence-electron chi connectivity index (χ1n) is 23.2. The van der Waals surface area contributed by atoms with Crippen molar-refractivity contribution in [2.45, 2.75) is 68.5 Å². The van der Waals surface area contributed by atoms with Crippen LogP contribution in [0.25, 0.3) is 0 Å². The topological polar surface area (TPSA) is 145 Å². The van der Waals surface area contributed by atoms with E-state index in [9.17, 15) is 18.8 Å². The summed E-state index contributed by atoms with van der Waals surface area (Å²) in [5, 5.41) is 6.67. The molecule has 0 radical (unpaired) electrons. The molecule has 4 unspecified atom stereocenters. The summed E-state index contributed by atoms with van der Waals surface area (Å²) in [6.07, 6.45) is 10.5. The lowest BCUT2D eigenvalue weighted by molar-refractivity contribution is -0.158. The highest BCUT2D eigenvalue weighted by Gasteiger charge is 2.59. The van der Waals surface area contributed by atoms with E-state index in [0.29, 0.717) is 42.5 Å². The van der Waals surface area contributed by atoms with Crippen LogP contribution in [0.15, 0.2) is 55.0 Å². The van der Waals surface area contributed by atoms with Gasteiger partial charge in [-0.15, -0.1) is 6.42 Å². The molecular formula is C52H72FI2N9O5. The molecule has 2 N–H and O–H groups in total. The van der Waals surface area contributed by atoms with Crippen molar-refractivity contribution in [2.24, 2.45) is 32.5 Å². The molecule has 3 aromatic rings. The highest BCUT2D eigenvalue weighted by molar-refractivity contribution is 14.1. The van der Waals surface area contributed by atoms with Crippen molar-refractivity contribution in [3.63, 3.8) is 0 Å². The third-order valence-corrected chi connectivity index (χ3v) is 16.2. The second-order valence-electron chi connectivity index (χ2n) is 21.6. The van der Waals surface area contributed by atoms with E-state index in [2.05, 4.69) is 136 Å². The number of likely N-dealkylation sites (tertiary alicyclic amines) is 2. The number of aromatic nitrogens is 3. The van der Waals surface area contributed by atoms with E-state index in [1.807, 2.05) is 32.2 Å². The van der Waals surface area contributed by atoms with Gasteiger partial charge in [0.25, 0.3) is 0 Å². The molecule has 69 heavy (non-hydrogen) atoms. The standard InChI is InChI=1S/C19H23N3O2.C17H22IN3O2.C9H16N2O.C5H3FIN.2CH4/c1-4-14-5-6-16(20-7-14)22-12-18(2)10-21(15-8-24-9-15)11-19(3,13-22)17(18)23;1-16-8-20(13-6-23-7-13)9-17(2,15(16)22)11-21(10-16)14-4-3-12(18)5-19-14;1-8-3-10-5-9(2,7(8)12)6-11-4-8;6-5-2-1-4(7)3-8-5;;/h1,5-7,15H,8-13H2,2-3H3;3-5,13H,6-11H2,1-2H3;10-11H,3-6H2,1-2H3;1-3H;2*1H4. The van der Waals surface area contributed by atoms with E-state index < -0.39 is 5.95 Å². The summed E-state index contributed by atoms with van der Waals surface area (Å²) < 4.78 is 24.8. The Morgan fingerprint density at radius 3 is 1.20 bits per heavy atom. The number of ether oxygens (including phenoxy) is 2. The molecule has 8 saturated heterocycles. The molecule has 0 saturated carbocycles. The number of piperidine rings is 6. The predicted octanol–water partition coefficient (Wildman–Crippen LogP) is 5.85. The number of pyridine rings is 3. The van der Waals surface area contributed by atoms with Gasteiger partial charge >= 0.3 is 0 Å². The molecule has 17 heteroatoms. The second kappa shape index (κ2) is 21.5. The van der Waals surface area contributed by atoms with E-state index in [4.69, 9.17) is 15.9 Å². The molecule has 0 spiro atoms. The quantitative estimate of drug-likeness (QED) is 0.183. The van der Waals surface area contributed by atoms with Crippen LogP contribution in [0.1, 0.15) is 62.0 Å². The number of Topliss-reactive ketones (excluding diaryl/α,β-unsaturated/α-hetero) is 3. The van der Waals surface area contributed by atoms with E-state index in [1.54, 1.807) is 12.3 Å². The summed E-state index contributed by atoms with van der Waals surface area (Å²) in [5.41, 5.74) is -0.936. The first-order chi connectivity index (χ1) is 31.7. The molecule has 0 aromatic carbocycles. The zero-order valence-corrected chi connectivity index (χ0v) is 43.9. The van der Waals surface area contributed by atoms with Crippen LogP contribution in [0.3, 0.4) is 0 Å². The molecule has 376 valence electrons. The maximum absolute atomic E-state index is 13.1. The number of nitrogens with one attached hydrogen (secondary N) is 2. The number of carbonyl (C=O) groups excluding carboxylic acids is 3. The molecule has 6 bridgehead atoms. The number of rotatable bonds is 4. The predicted molar refractivity (Wildman–Crippen MR) is 286 cm³/mol. The minimum Gasteiger partial charge on any atom is -0.378 e. The molecule has 4 atom stereocenters. The third kappa shape index (κ3) is 11.5. The molecule has 8 aliphatic rings. The molecule has 11 rings (SSSR count). The lowest BCUT2D eigenvalue weighted by Gasteiger charge is -2.57. The van der Waals surface area contributed by atoms with Gasteiger partial charge in [-0.3, -0.25) is 24.2 Å². The summed E-state index contributed by atoms with van der Waals surface area (Å²) in [6, 6.07) is 12.0. The Morgan fingerprint density at radius 1 is 0.565 bits per heavy atom. The normalized spacial score (nSPS) is 32.9. The average molecular weight is 1180 g/mol. The molecule has 11 heterocycles. The van der Waals surface area contributed by atoms with Crippen molar-refractivity contribution < 1.29 is 28.2 Å². The van der Waals surface area contributed by atoms with Crippen molar-refractivity contribution in [2.75, 3.05) is 115 Å². The van der Waals surface area contributed by atoms with E-state index in [0.717, 1.165) is 116 Å². The lowest BCUT2D eigenvalue weighted by atomic mass is 9.64. The molecule has 0 aliphatic carbocycles. The molecule has 8 aliphatic heterocycles. The Kier molecular flexibility index (Phi) is 17.1. The number of anilines is 2. The highest BCUT2D eigenvalue weighted by atomic mass is 127. The number of fused-ring (bicyclic) bond motifs is 6. The van der Waals surface area contributed by atoms with Crippen molar-refractivity contribution in [3.05, 3.63) is 73.6 Å². The second-order valence-corrected chi connectivity index (χ2v) is 24.1. The van der Waals surface area contributed by atoms with Crippen molar-refractivity contribution in [3.8, 4) is 12.3 Å². The Hall–Kier alpha value is -3.23. The summed E-state index contributed by atoms with van der Waals surface area (Å²) in [4.78, 5) is 60.1. The number of carbonyl (C=O) groups is 3. The monoisotopic (exact) mass is 1180 g/mol. The molecule has 8 fully saturated rings. The summed E-state index contributed by atoms with van der Waals surface area (Å²) in [5.74, 6) is 5.30. The number of halogens is 3. The maximum Gasteiger partial charge on any atom is 0.212 e. The van der Waals surface area contributed by atoms with Crippen molar-refractivity contribution in [1.29, 1.82) is 0 Å². The Bertz CT molecular complexity index is 2250. The molecule has 14 nitrogen and oxygen atoms in total. The average Bonchev–Trinajstić information content (AvgIpc) is 3.23. The number of hydrogen-bond acceptors (Lipinski definition) is 14. The first-order valence-corrected chi connectivity index (χ1v) is 25.4. The van der Waals surface area contributed by atoms with E-state index in [1.165, 1.54) is 12.3 Å². The summed E-state index contributed by atoms with van der Waals surface area (Å²) in [7, 11) is 0. The number of nitrogens with zero attached hydrogens (tertiary/aromatic N) is 7. The van der Waals surface area contributed by atoms with Crippen LogP contribution in [-0.4, -0.2) is 159 Å². The first kappa shape index (κ1) is 55.1. The van der Waals surface area contributed by atoms with Crippen molar-refractivity contribution in [1.82, 2.24) is 35.4 Å². The summed E-state index contributed by atoms with van der Waals surface area (Å²) >= 11 is 4.34. The smallest absolute Gasteiger partial charge is 0.212 e. The Balaban J connectivity index is 0.000000161. The van der Waals surface area contributed by atoms with Gasteiger partial charge in [0.1, 0.15) is 17.4 Å². The van der Waals surface area contributed by atoms with Crippen LogP contribution in [-0.2, 0) is 23.9 Å².